The van der Waals surface area contributed by atoms with Crippen LogP contribution in [0.1, 0.15) is 5.56 Å². The molecular formula is C8H9BrO2S. The summed E-state index contributed by atoms with van der Waals surface area (Å²) in [4.78, 5) is 0.394. The lowest BCUT2D eigenvalue weighted by Gasteiger charge is -2.02. The Labute approximate surface area is 80.7 Å². The first-order valence-electron chi connectivity index (χ1n) is 3.37. The van der Waals surface area contributed by atoms with Gasteiger partial charge in [-0.15, -0.1) is 0 Å². The van der Waals surface area contributed by atoms with Crippen molar-refractivity contribution in [3.8, 4) is 0 Å². The topological polar surface area (TPSA) is 34.1 Å². The molecule has 0 fully saturated rings. The van der Waals surface area contributed by atoms with Crippen molar-refractivity contribution in [1.82, 2.24) is 0 Å². The van der Waals surface area contributed by atoms with Gasteiger partial charge >= 0.3 is 0 Å². The molecule has 0 radical (unpaired) electrons. The normalized spacial score (nSPS) is 11.6. The second-order valence-corrected chi connectivity index (χ2v) is 5.58. The molecule has 0 spiro atoms. The lowest BCUT2D eigenvalue weighted by Crippen LogP contribution is -1.99. The zero-order chi connectivity index (χ0) is 9.35. The molecule has 2 nitrogen and oxygen atoms in total. The van der Waals surface area contributed by atoms with E-state index in [1.54, 1.807) is 25.1 Å². The molecule has 4 heteroatoms. The molecule has 0 unspecified atom stereocenters. The predicted molar refractivity (Wildman–Crippen MR) is 52.0 cm³/mol. The van der Waals surface area contributed by atoms with Gasteiger partial charge in [0.2, 0.25) is 0 Å². The van der Waals surface area contributed by atoms with Gasteiger partial charge in [0.1, 0.15) is 0 Å². The van der Waals surface area contributed by atoms with Crippen molar-refractivity contribution in [3.05, 3.63) is 28.2 Å². The van der Waals surface area contributed by atoms with Crippen molar-refractivity contribution in [3.63, 3.8) is 0 Å². The third-order valence-electron chi connectivity index (χ3n) is 1.54. The molecule has 0 saturated heterocycles. The van der Waals surface area contributed by atoms with Crippen LogP contribution in [0.3, 0.4) is 0 Å². The van der Waals surface area contributed by atoms with Crippen molar-refractivity contribution >= 4 is 25.8 Å². The Morgan fingerprint density at radius 3 is 2.33 bits per heavy atom. The zero-order valence-electron chi connectivity index (χ0n) is 6.83. The average molecular weight is 249 g/mol. The fourth-order valence-corrected chi connectivity index (χ4v) is 2.46. The summed E-state index contributed by atoms with van der Waals surface area (Å²) >= 11 is 3.27. The molecule has 1 aromatic rings. The molecule has 0 aliphatic rings. The highest BCUT2D eigenvalue weighted by Gasteiger charge is 2.09. The van der Waals surface area contributed by atoms with Gasteiger partial charge in [0.05, 0.1) is 4.90 Å². The highest BCUT2D eigenvalue weighted by atomic mass is 79.9. The number of hydrogen-bond acceptors (Lipinski definition) is 2. The minimum Gasteiger partial charge on any atom is -0.224 e. The number of halogens is 1. The van der Waals surface area contributed by atoms with Gasteiger partial charge in [0.25, 0.3) is 0 Å². The van der Waals surface area contributed by atoms with Gasteiger partial charge in [0.15, 0.2) is 9.84 Å². The minimum absolute atomic E-state index is 0.394. The molecule has 0 aromatic heterocycles. The maximum absolute atomic E-state index is 11.1. The molecule has 0 amide bonds. The van der Waals surface area contributed by atoms with Crippen LogP contribution < -0.4 is 0 Å². The highest BCUT2D eigenvalue weighted by Crippen LogP contribution is 2.19. The van der Waals surface area contributed by atoms with E-state index in [0.717, 1.165) is 10.0 Å². The van der Waals surface area contributed by atoms with E-state index in [9.17, 15) is 8.42 Å². The molecule has 1 aromatic carbocycles. The first-order valence-corrected chi connectivity index (χ1v) is 6.06. The Hall–Kier alpha value is -0.350. The maximum atomic E-state index is 11.1. The zero-order valence-corrected chi connectivity index (χ0v) is 9.24. The van der Waals surface area contributed by atoms with E-state index >= 15 is 0 Å². The largest absolute Gasteiger partial charge is 0.224 e. The van der Waals surface area contributed by atoms with Gasteiger partial charge in [-0.05, 0) is 30.7 Å². The second-order valence-electron chi connectivity index (χ2n) is 2.68. The Kier molecular flexibility index (Phi) is 2.58. The van der Waals surface area contributed by atoms with Crippen LogP contribution in [0.5, 0.6) is 0 Å². The Bertz CT molecular complexity index is 396. The summed E-state index contributed by atoms with van der Waals surface area (Å²) < 4.78 is 23.2. The number of aryl methyl sites for hydroxylation is 1. The van der Waals surface area contributed by atoms with E-state index in [-0.39, 0.29) is 0 Å². The smallest absolute Gasteiger partial charge is 0.175 e. The van der Waals surface area contributed by atoms with Crippen LogP contribution in [0.4, 0.5) is 0 Å². The highest BCUT2D eigenvalue weighted by molar-refractivity contribution is 9.10. The van der Waals surface area contributed by atoms with Crippen molar-refractivity contribution in [1.29, 1.82) is 0 Å². The van der Waals surface area contributed by atoms with Gasteiger partial charge in [-0.25, -0.2) is 8.42 Å². The summed E-state index contributed by atoms with van der Waals surface area (Å²) in [7, 11) is -3.07. The molecule has 0 aliphatic heterocycles. The second kappa shape index (κ2) is 3.18. The van der Waals surface area contributed by atoms with Gasteiger partial charge in [0, 0.05) is 10.7 Å². The molecule has 0 aliphatic carbocycles. The van der Waals surface area contributed by atoms with Gasteiger partial charge in [-0.1, -0.05) is 15.9 Å². The summed E-state index contributed by atoms with van der Waals surface area (Å²) in [5, 5.41) is 0. The van der Waals surface area contributed by atoms with Crippen LogP contribution >= 0.6 is 15.9 Å². The molecular weight excluding hydrogens is 240 g/mol. The molecule has 0 saturated carbocycles. The predicted octanol–water partition coefficient (Wildman–Crippen LogP) is 2.16. The molecule has 12 heavy (non-hydrogen) atoms. The van der Waals surface area contributed by atoms with Crippen LogP contribution in [0.25, 0.3) is 0 Å². The summed E-state index contributed by atoms with van der Waals surface area (Å²) in [5.41, 5.74) is 0.770. The SMILES string of the molecule is Cc1cc(Br)ccc1S(C)(=O)=O. The molecule has 66 valence electrons. The van der Waals surface area contributed by atoms with Crippen molar-refractivity contribution in [2.45, 2.75) is 11.8 Å². The lowest BCUT2D eigenvalue weighted by molar-refractivity contribution is 0.601. The summed E-state index contributed by atoms with van der Waals surface area (Å²) in [5.74, 6) is 0. The third-order valence-corrected chi connectivity index (χ3v) is 3.29. The molecule has 0 atom stereocenters. The quantitative estimate of drug-likeness (QED) is 0.764. The number of benzene rings is 1. The Morgan fingerprint density at radius 2 is 1.92 bits per heavy atom. The molecule has 0 N–H and O–H groups in total. The molecule has 0 heterocycles. The monoisotopic (exact) mass is 248 g/mol. The number of hydrogen-bond donors (Lipinski definition) is 0. The minimum atomic E-state index is -3.07. The lowest BCUT2D eigenvalue weighted by atomic mass is 10.2. The van der Waals surface area contributed by atoms with E-state index in [1.165, 1.54) is 6.26 Å². The van der Waals surface area contributed by atoms with Crippen LogP contribution in [0.15, 0.2) is 27.6 Å². The number of rotatable bonds is 1. The van der Waals surface area contributed by atoms with E-state index in [2.05, 4.69) is 15.9 Å². The van der Waals surface area contributed by atoms with Crippen molar-refractivity contribution in [2.24, 2.45) is 0 Å². The summed E-state index contributed by atoms with van der Waals surface area (Å²) in [6, 6.07) is 5.12. The Morgan fingerprint density at radius 1 is 1.33 bits per heavy atom. The van der Waals surface area contributed by atoms with E-state index in [4.69, 9.17) is 0 Å². The first-order chi connectivity index (χ1) is 5.41. The standard InChI is InChI=1S/C8H9BrO2S/c1-6-5-7(9)3-4-8(6)12(2,10)11/h3-5H,1-2H3. The Balaban J connectivity index is 3.39. The summed E-state index contributed by atoms with van der Waals surface area (Å²) in [6.07, 6.45) is 1.21. The van der Waals surface area contributed by atoms with Crippen molar-refractivity contribution in [2.75, 3.05) is 6.26 Å². The van der Waals surface area contributed by atoms with Crippen LogP contribution in [0, 0.1) is 6.92 Å². The van der Waals surface area contributed by atoms with Crippen LogP contribution in [-0.2, 0) is 9.84 Å². The average Bonchev–Trinajstić information content (AvgIpc) is 1.83. The van der Waals surface area contributed by atoms with Gasteiger partial charge in [-0.3, -0.25) is 0 Å². The van der Waals surface area contributed by atoms with Crippen molar-refractivity contribution < 1.29 is 8.42 Å². The van der Waals surface area contributed by atoms with E-state index < -0.39 is 9.84 Å². The molecule has 0 bridgehead atoms. The third kappa shape index (κ3) is 2.08. The summed E-state index contributed by atoms with van der Waals surface area (Å²) in [6.45, 7) is 1.78. The van der Waals surface area contributed by atoms with Gasteiger partial charge < -0.3 is 0 Å². The number of sulfone groups is 1. The van der Waals surface area contributed by atoms with E-state index in [0.29, 0.717) is 4.90 Å². The fraction of sp³-hybridized carbons (Fsp3) is 0.250. The first kappa shape index (κ1) is 9.74. The van der Waals surface area contributed by atoms with E-state index in [1.807, 2.05) is 0 Å². The van der Waals surface area contributed by atoms with Gasteiger partial charge in [-0.2, -0.15) is 0 Å². The fourth-order valence-electron chi connectivity index (χ4n) is 1.03. The van der Waals surface area contributed by atoms with Crippen LogP contribution in [-0.4, -0.2) is 14.7 Å². The molecule has 1 rings (SSSR count). The maximum Gasteiger partial charge on any atom is 0.175 e. The van der Waals surface area contributed by atoms with Crippen LogP contribution in [0.2, 0.25) is 0 Å².